The molecule has 0 spiro atoms. The van der Waals surface area contributed by atoms with Gasteiger partial charge in [-0.2, -0.15) is 5.26 Å². The zero-order valence-electron chi connectivity index (χ0n) is 18.5. The molecule has 0 aliphatic carbocycles. The van der Waals surface area contributed by atoms with E-state index in [1.54, 1.807) is 24.3 Å². The maximum atomic E-state index is 11.5. The van der Waals surface area contributed by atoms with Gasteiger partial charge in [0.1, 0.15) is 0 Å². The smallest absolute Gasteiger partial charge is 0.335 e. The SMILES string of the molecule is C=C(Cc1ccc(C)cc1)N(c1cccc(C(=O)O)c1)c1ccc(C#N)cc1C.CC. The minimum Gasteiger partial charge on any atom is -0.478 e. The lowest BCUT2D eigenvalue weighted by Crippen LogP contribution is -2.19. The molecular weight excluding hydrogens is 384 g/mol. The molecule has 4 nitrogen and oxygen atoms in total. The third-order valence-electron chi connectivity index (χ3n) is 4.76. The Hall–Kier alpha value is -3.84. The second-order valence-electron chi connectivity index (χ2n) is 7.03. The third-order valence-corrected chi connectivity index (χ3v) is 4.76. The van der Waals surface area contributed by atoms with Gasteiger partial charge < -0.3 is 10.0 Å². The van der Waals surface area contributed by atoms with E-state index < -0.39 is 5.97 Å². The van der Waals surface area contributed by atoms with E-state index in [0.717, 1.165) is 28.2 Å². The van der Waals surface area contributed by atoms with E-state index in [9.17, 15) is 15.2 Å². The molecule has 4 heteroatoms. The first-order valence-corrected chi connectivity index (χ1v) is 10.3. The molecule has 0 aromatic heterocycles. The maximum absolute atomic E-state index is 11.5. The van der Waals surface area contributed by atoms with Gasteiger partial charge in [0, 0.05) is 23.5 Å². The molecule has 0 aliphatic rings. The van der Waals surface area contributed by atoms with Crippen LogP contribution in [0.5, 0.6) is 0 Å². The number of hydrogen-bond donors (Lipinski definition) is 1. The summed E-state index contributed by atoms with van der Waals surface area (Å²) in [6.45, 7) is 12.3. The van der Waals surface area contributed by atoms with Gasteiger partial charge in [-0.05, 0) is 61.4 Å². The van der Waals surface area contributed by atoms with Gasteiger partial charge >= 0.3 is 5.97 Å². The van der Waals surface area contributed by atoms with Crippen LogP contribution in [-0.4, -0.2) is 11.1 Å². The van der Waals surface area contributed by atoms with E-state index in [0.29, 0.717) is 12.0 Å². The summed E-state index contributed by atoms with van der Waals surface area (Å²) in [4.78, 5) is 13.4. The molecule has 0 amide bonds. The lowest BCUT2D eigenvalue weighted by molar-refractivity contribution is 0.0697. The fourth-order valence-electron chi connectivity index (χ4n) is 3.27. The van der Waals surface area contributed by atoms with Gasteiger partial charge in [-0.15, -0.1) is 0 Å². The van der Waals surface area contributed by atoms with Crippen LogP contribution in [-0.2, 0) is 6.42 Å². The van der Waals surface area contributed by atoms with Gasteiger partial charge in [0.15, 0.2) is 0 Å². The number of anilines is 2. The van der Waals surface area contributed by atoms with Crippen LogP contribution in [0.15, 0.2) is 79.0 Å². The minimum absolute atomic E-state index is 0.210. The molecule has 3 aromatic carbocycles. The van der Waals surface area contributed by atoms with Crippen LogP contribution in [0.2, 0.25) is 0 Å². The van der Waals surface area contributed by atoms with Crippen LogP contribution in [0.4, 0.5) is 11.4 Å². The molecule has 0 atom stereocenters. The summed E-state index contributed by atoms with van der Waals surface area (Å²) >= 11 is 0. The second-order valence-corrected chi connectivity index (χ2v) is 7.03. The van der Waals surface area contributed by atoms with Gasteiger partial charge in [-0.1, -0.05) is 56.3 Å². The molecule has 0 fully saturated rings. The van der Waals surface area contributed by atoms with Gasteiger partial charge in [-0.25, -0.2) is 4.79 Å². The molecule has 0 bridgehead atoms. The first kappa shape index (κ1) is 23.4. The number of allylic oxidation sites excluding steroid dienone is 1. The number of hydrogen-bond acceptors (Lipinski definition) is 3. The van der Waals surface area contributed by atoms with E-state index >= 15 is 0 Å². The molecule has 0 saturated carbocycles. The normalized spacial score (nSPS) is 9.77. The van der Waals surface area contributed by atoms with Crippen LogP contribution < -0.4 is 4.90 Å². The van der Waals surface area contributed by atoms with Crippen molar-refractivity contribution in [3.8, 4) is 6.07 Å². The fourth-order valence-corrected chi connectivity index (χ4v) is 3.27. The molecule has 0 aliphatic heterocycles. The van der Waals surface area contributed by atoms with Crippen molar-refractivity contribution >= 4 is 17.3 Å². The average Bonchev–Trinajstić information content (AvgIpc) is 2.78. The number of nitrogens with zero attached hydrogens (tertiary/aromatic N) is 2. The Labute approximate surface area is 184 Å². The van der Waals surface area contributed by atoms with Crippen LogP contribution in [0.1, 0.15) is 46.5 Å². The van der Waals surface area contributed by atoms with Gasteiger partial charge in [-0.3, -0.25) is 0 Å². The van der Waals surface area contributed by atoms with Crippen molar-refractivity contribution in [2.45, 2.75) is 34.1 Å². The predicted octanol–water partition coefficient (Wildman–Crippen LogP) is 6.79. The largest absolute Gasteiger partial charge is 0.478 e. The highest BCUT2D eigenvalue weighted by Crippen LogP contribution is 2.34. The Morgan fingerprint density at radius 2 is 1.71 bits per heavy atom. The van der Waals surface area contributed by atoms with Crippen LogP contribution in [0.25, 0.3) is 0 Å². The van der Waals surface area contributed by atoms with Gasteiger partial charge in [0.05, 0.1) is 17.2 Å². The van der Waals surface area contributed by atoms with Crippen molar-refractivity contribution in [1.82, 2.24) is 0 Å². The van der Waals surface area contributed by atoms with Crippen molar-refractivity contribution < 1.29 is 9.90 Å². The summed E-state index contributed by atoms with van der Waals surface area (Å²) < 4.78 is 0. The molecule has 3 rings (SSSR count). The predicted molar refractivity (Wildman–Crippen MR) is 127 cm³/mol. The Bertz CT molecular complexity index is 1110. The lowest BCUT2D eigenvalue weighted by Gasteiger charge is -2.29. The Morgan fingerprint density at radius 1 is 1.03 bits per heavy atom. The van der Waals surface area contributed by atoms with Gasteiger partial charge in [0.2, 0.25) is 0 Å². The quantitative estimate of drug-likeness (QED) is 0.484. The van der Waals surface area contributed by atoms with Crippen LogP contribution in [0, 0.1) is 25.2 Å². The number of aryl methyl sites for hydroxylation is 2. The highest BCUT2D eigenvalue weighted by Gasteiger charge is 2.17. The van der Waals surface area contributed by atoms with Crippen molar-refractivity contribution in [2.24, 2.45) is 0 Å². The molecule has 158 valence electrons. The molecule has 0 saturated heterocycles. The van der Waals surface area contributed by atoms with E-state index in [4.69, 9.17) is 0 Å². The molecule has 1 N–H and O–H groups in total. The maximum Gasteiger partial charge on any atom is 0.335 e. The molecule has 31 heavy (non-hydrogen) atoms. The molecular formula is C27H28N2O2. The minimum atomic E-state index is -0.979. The Kier molecular flexibility index (Phi) is 8.16. The summed E-state index contributed by atoms with van der Waals surface area (Å²) in [6.07, 6.45) is 0.608. The second kappa shape index (κ2) is 10.8. The number of benzene rings is 3. The number of carboxylic acid groups (broad SMARTS) is 1. The van der Waals surface area contributed by atoms with E-state index in [-0.39, 0.29) is 5.56 Å². The van der Waals surface area contributed by atoms with Gasteiger partial charge in [0.25, 0.3) is 0 Å². The number of nitriles is 1. The van der Waals surface area contributed by atoms with Crippen molar-refractivity contribution in [3.05, 3.63) is 107 Å². The summed E-state index contributed by atoms with van der Waals surface area (Å²) in [7, 11) is 0. The lowest BCUT2D eigenvalue weighted by atomic mass is 10.0. The van der Waals surface area contributed by atoms with Crippen molar-refractivity contribution in [1.29, 1.82) is 5.26 Å². The highest BCUT2D eigenvalue weighted by molar-refractivity contribution is 5.89. The number of rotatable bonds is 6. The highest BCUT2D eigenvalue weighted by atomic mass is 16.4. The summed E-state index contributed by atoms with van der Waals surface area (Å²) in [5.41, 5.74) is 6.40. The monoisotopic (exact) mass is 412 g/mol. The standard InChI is InChI=1S/C25H22N2O2.C2H6/c1-17-7-9-20(10-8-17)14-19(3)27(23-6-4-5-22(15-23)25(28)29)24-12-11-21(16-26)13-18(24)2;1-2/h4-13,15H,3,14H2,1-2H3,(H,28,29);1-2H3. The summed E-state index contributed by atoms with van der Waals surface area (Å²) in [5, 5.41) is 18.6. The molecule has 0 unspecified atom stereocenters. The summed E-state index contributed by atoms with van der Waals surface area (Å²) in [5.74, 6) is -0.979. The molecule has 0 radical (unpaired) electrons. The Balaban J connectivity index is 0.00000166. The zero-order chi connectivity index (χ0) is 23.0. The number of carbonyl (C=O) groups is 1. The topological polar surface area (TPSA) is 64.3 Å². The van der Waals surface area contributed by atoms with Crippen LogP contribution in [0.3, 0.4) is 0 Å². The van der Waals surface area contributed by atoms with E-state index in [2.05, 4.69) is 36.9 Å². The molecule has 0 heterocycles. The van der Waals surface area contributed by atoms with E-state index in [1.807, 2.05) is 50.8 Å². The fraction of sp³-hybridized carbons (Fsp3) is 0.185. The van der Waals surface area contributed by atoms with Crippen molar-refractivity contribution in [3.63, 3.8) is 0 Å². The van der Waals surface area contributed by atoms with E-state index in [1.165, 1.54) is 5.56 Å². The third kappa shape index (κ3) is 5.83. The Morgan fingerprint density at radius 3 is 2.29 bits per heavy atom. The first-order valence-electron chi connectivity index (χ1n) is 10.3. The summed E-state index contributed by atoms with van der Waals surface area (Å²) in [6, 6.07) is 22.7. The van der Waals surface area contributed by atoms with Crippen LogP contribution >= 0.6 is 0 Å². The zero-order valence-corrected chi connectivity index (χ0v) is 18.5. The number of carboxylic acids is 1. The first-order chi connectivity index (χ1) is 14.9. The van der Waals surface area contributed by atoms with Crippen molar-refractivity contribution in [2.75, 3.05) is 4.90 Å². The average molecular weight is 413 g/mol. The molecule has 3 aromatic rings. The number of aromatic carboxylic acids is 1.